The summed E-state index contributed by atoms with van der Waals surface area (Å²) in [5.41, 5.74) is -0.263. The molecule has 1 amide bonds. The molecule has 1 atom stereocenters. The number of nitro groups is 1. The number of amides is 1. The van der Waals surface area contributed by atoms with Gasteiger partial charge in [0.1, 0.15) is 0 Å². The lowest BCUT2D eigenvalue weighted by Gasteiger charge is -2.19. The molecule has 0 fully saturated rings. The molecule has 3 aromatic carbocycles. The molecular formula is C23H16N2O8S. The first-order chi connectivity index (χ1) is 16.1. The molecule has 10 nitrogen and oxygen atoms in total. The van der Waals surface area contributed by atoms with Gasteiger partial charge in [0.2, 0.25) is 9.84 Å². The summed E-state index contributed by atoms with van der Waals surface area (Å²) in [7, 11) is -4.05. The number of nitro benzene ring substituents is 1. The van der Waals surface area contributed by atoms with Crippen molar-refractivity contribution in [2.75, 3.05) is 5.32 Å². The number of sulfone groups is 1. The Balaban J connectivity index is 1.54. The van der Waals surface area contributed by atoms with Crippen LogP contribution >= 0.6 is 0 Å². The van der Waals surface area contributed by atoms with E-state index in [4.69, 9.17) is 4.74 Å². The molecule has 0 aliphatic carbocycles. The minimum atomic E-state index is -4.05. The van der Waals surface area contributed by atoms with Crippen LogP contribution in [-0.2, 0) is 19.4 Å². The van der Waals surface area contributed by atoms with Gasteiger partial charge in [-0.3, -0.25) is 19.7 Å². The highest BCUT2D eigenvalue weighted by atomic mass is 32.2. The lowest BCUT2D eigenvalue weighted by atomic mass is 10.0. The van der Waals surface area contributed by atoms with E-state index in [1.54, 1.807) is 6.07 Å². The third-order valence-electron chi connectivity index (χ3n) is 5.15. The van der Waals surface area contributed by atoms with Crippen LogP contribution in [0.5, 0.6) is 0 Å². The van der Waals surface area contributed by atoms with Crippen LogP contribution in [0.2, 0.25) is 0 Å². The van der Waals surface area contributed by atoms with Crippen molar-refractivity contribution in [2.45, 2.75) is 22.8 Å². The maximum absolute atomic E-state index is 13.0. The Morgan fingerprint density at radius 3 is 2.41 bits per heavy atom. The molecule has 0 radical (unpaired) electrons. The molecule has 0 spiro atoms. The number of hydrogen-bond acceptors (Lipinski definition) is 8. The number of ether oxygens (including phenoxy) is 1. The highest BCUT2D eigenvalue weighted by Gasteiger charge is 2.35. The van der Waals surface area contributed by atoms with Crippen LogP contribution in [-0.4, -0.2) is 37.1 Å². The monoisotopic (exact) mass is 480 g/mol. The van der Waals surface area contributed by atoms with Gasteiger partial charge in [-0.15, -0.1) is 0 Å². The van der Waals surface area contributed by atoms with Gasteiger partial charge < -0.3 is 10.1 Å². The van der Waals surface area contributed by atoms with Crippen molar-refractivity contribution in [2.24, 2.45) is 0 Å². The third-order valence-corrected chi connectivity index (χ3v) is 7.00. The van der Waals surface area contributed by atoms with Gasteiger partial charge in [-0.1, -0.05) is 18.2 Å². The maximum Gasteiger partial charge on any atom is 0.338 e. The van der Waals surface area contributed by atoms with Crippen molar-refractivity contribution < 1.29 is 32.5 Å². The van der Waals surface area contributed by atoms with Crippen LogP contribution in [0.25, 0.3) is 0 Å². The molecule has 0 saturated heterocycles. The van der Waals surface area contributed by atoms with Gasteiger partial charge in [0.05, 0.1) is 20.3 Å². The number of nitrogens with one attached hydrogen (secondary N) is 1. The van der Waals surface area contributed by atoms with Crippen molar-refractivity contribution in [1.82, 2.24) is 0 Å². The van der Waals surface area contributed by atoms with E-state index in [0.717, 1.165) is 12.1 Å². The number of anilines is 1. The highest BCUT2D eigenvalue weighted by Crippen LogP contribution is 2.34. The summed E-state index contributed by atoms with van der Waals surface area (Å²) in [6.45, 7) is 1.29. The SMILES string of the molecule is CC(OC(=O)c1ccc2c(c1)S(=O)(=O)c1ccccc1C2=O)C(=O)Nc1cccc([N+](=O)[O-])c1. The minimum absolute atomic E-state index is 0.0526. The summed E-state index contributed by atoms with van der Waals surface area (Å²) in [5.74, 6) is -2.21. The number of non-ortho nitro benzene ring substituents is 1. The van der Waals surface area contributed by atoms with Gasteiger partial charge in [-0.25, -0.2) is 13.2 Å². The highest BCUT2D eigenvalue weighted by molar-refractivity contribution is 7.91. The molecule has 1 heterocycles. The Kier molecular flexibility index (Phi) is 5.71. The number of carbonyl (C=O) groups excluding carboxylic acids is 3. The summed E-state index contributed by atoms with van der Waals surface area (Å²) >= 11 is 0. The summed E-state index contributed by atoms with van der Waals surface area (Å²) in [6.07, 6.45) is -1.30. The Hall–Kier alpha value is -4.38. The molecule has 4 rings (SSSR count). The lowest BCUT2D eigenvalue weighted by molar-refractivity contribution is -0.384. The first-order valence-electron chi connectivity index (χ1n) is 9.89. The quantitative estimate of drug-likeness (QED) is 0.260. The molecule has 0 aromatic heterocycles. The first kappa shape index (κ1) is 22.8. The molecule has 1 N–H and O–H groups in total. The fourth-order valence-corrected chi connectivity index (χ4v) is 5.11. The van der Waals surface area contributed by atoms with Gasteiger partial charge in [0.15, 0.2) is 11.9 Å². The minimum Gasteiger partial charge on any atom is -0.449 e. The van der Waals surface area contributed by atoms with E-state index in [-0.39, 0.29) is 37.9 Å². The zero-order chi connectivity index (χ0) is 24.6. The topological polar surface area (TPSA) is 150 Å². The number of carbonyl (C=O) groups is 3. The van der Waals surface area contributed by atoms with E-state index in [2.05, 4.69) is 5.32 Å². The van der Waals surface area contributed by atoms with E-state index in [1.807, 2.05) is 0 Å². The largest absolute Gasteiger partial charge is 0.449 e. The van der Waals surface area contributed by atoms with Crippen LogP contribution in [0.4, 0.5) is 11.4 Å². The van der Waals surface area contributed by atoms with Gasteiger partial charge in [0.25, 0.3) is 11.6 Å². The average Bonchev–Trinajstić information content (AvgIpc) is 2.82. The Morgan fingerprint density at radius 1 is 0.971 bits per heavy atom. The number of fused-ring (bicyclic) bond motifs is 2. The number of benzene rings is 3. The first-order valence-corrected chi connectivity index (χ1v) is 11.4. The predicted octanol–water partition coefficient (Wildman–Crippen LogP) is 3.16. The maximum atomic E-state index is 13.0. The molecular weight excluding hydrogens is 464 g/mol. The zero-order valence-electron chi connectivity index (χ0n) is 17.5. The second-order valence-electron chi connectivity index (χ2n) is 7.38. The van der Waals surface area contributed by atoms with E-state index in [1.165, 1.54) is 55.5 Å². The number of rotatable bonds is 5. The van der Waals surface area contributed by atoms with Crippen LogP contribution in [0, 0.1) is 10.1 Å². The molecule has 1 aliphatic heterocycles. The van der Waals surface area contributed by atoms with E-state index in [9.17, 15) is 32.9 Å². The number of nitrogens with zero attached hydrogens (tertiary/aromatic N) is 1. The van der Waals surface area contributed by atoms with E-state index in [0.29, 0.717) is 0 Å². The van der Waals surface area contributed by atoms with Crippen molar-refractivity contribution in [3.8, 4) is 0 Å². The lowest BCUT2D eigenvalue weighted by Crippen LogP contribution is -2.30. The fourth-order valence-electron chi connectivity index (χ4n) is 3.43. The van der Waals surface area contributed by atoms with Gasteiger partial charge in [-0.2, -0.15) is 0 Å². The number of ketones is 1. The summed E-state index contributed by atoms with van der Waals surface area (Å²) in [6, 6.07) is 14.5. The molecule has 34 heavy (non-hydrogen) atoms. The fraction of sp³-hybridized carbons (Fsp3) is 0.0870. The molecule has 1 aliphatic rings. The Labute approximate surface area is 193 Å². The zero-order valence-corrected chi connectivity index (χ0v) is 18.4. The van der Waals surface area contributed by atoms with E-state index < -0.39 is 38.5 Å². The molecule has 1 unspecified atom stereocenters. The molecule has 0 bridgehead atoms. The van der Waals surface area contributed by atoms with Crippen molar-refractivity contribution in [1.29, 1.82) is 0 Å². The van der Waals surface area contributed by atoms with Crippen LogP contribution < -0.4 is 5.32 Å². The summed E-state index contributed by atoms with van der Waals surface area (Å²) in [5, 5.41) is 13.3. The van der Waals surface area contributed by atoms with Gasteiger partial charge in [-0.05, 0) is 43.3 Å². The molecule has 3 aromatic rings. The summed E-state index contributed by atoms with van der Waals surface area (Å²) in [4.78, 5) is 47.5. The van der Waals surface area contributed by atoms with Crippen LogP contribution in [0.3, 0.4) is 0 Å². The van der Waals surface area contributed by atoms with Crippen molar-refractivity contribution >= 4 is 38.9 Å². The Morgan fingerprint density at radius 2 is 1.68 bits per heavy atom. The van der Waals surface area contributed by atoms with Gasteiger partial charge >= 0.3 is 5.97 Å². The number of esters is 1. The smallest absolute Gasteiger partial charge is 0.338 e. The molecule has 0 saturated carbocycles. The van der Waals surface area contributed by atoms with Crippen molar-refractivity contribution in [3.05, 3.63) is 93.5 Å². The second kappa shape index (κ2) is 8.52. The summed E-state index contributed by atoms with van der Waals surface area (Å²) < 4.78 is 31.2. The normalized spacial score (nSPS) is 14.3. The second-order valence-corrected chi connectivity index (χ2v) is 9.27. The standard InChI is InChI=1S/C23H16N2O8S/c1-13(22(27)24-15-5-4-6-16(12-15)25(29)30)33-23(28)14-9-10-18-20(11-14)34(31,32)19-8-3-2-7-17(19)21(18)26/h2-13H,1H3,(H,24,27). The molecule has 172 valence electrons. The van der Waals surface area contributed by atoms with Crippen LogP contribution in [0.15, 0.2) is 76.5 Å². The predicted molar refractivity (Wildman–Crippen MR) is 118 cm³/mol. The van der Waals surface area contributed by atoms with E-state index >= 15 is 0 Å². The average molecular weight is 480 g/mol. The third kappa shape index (κ3) is 4.04. The van der Waals surface area contributed by atoms with Gasteiger partial charge in [0, 0.05) is 28.9 Å². The van der Waals surface area contributed by atoms with Crippen LogP contribution in [0.1, 0.15) is 33.2 Å². The Bertz CT molecular complexity index is 1480. The van der Waals surface area contributed by atoms with Crippen molar-refractivity contribution in [3.63, 3.8) is 0 Å². The molecule has 11 heteroatoms. The number of hydrogen-bond donors (Lipinski definition) is 1.